The molecule has 0 saturated carbocycles. The summed E-state index contributed by atoms with van der Waals surface area (Å²) in [5, 5.41) is 6.96. The molecule has 6 unspecified atom stereocenters. The summed E-state index contributed by atoms with van der Waals surface area (Å²) in [5.74, 6) is -12.2. The van der Waals surface area contributed by atoms with Crippen molar-refractivity contribution in [2.24, 2.45) is 0 Å². The maximum atomic E-state index is 14.2. The number of hydrogen-bond acceptors (Lipinski definition) is 39. The molecule has 41 nitrogen and oxygen atoms in total. The average molecular weight is 2100 g/mol. The Morgan fingerprint density at radius 1 is 0.448 bits per heavy atom. The number of ether oxygens (including phenoxy) is 13. The van der Waals surface area contributed by atoms with Crippen LogP contribution in [0.15, 0.2) is 144 Å². The number of esters is 12. The third-order valence-electron chi connectivity index (χ3n) is 23.1. The van der Waals surface area contributed by atoms with E-state index < -0.39 is 206 Å². The van der Waals surface area contributed by atoms with Crippen molar-refractivity contribution in [2.45, 2.75) is 145 Å². The normalized spacial score (nSPS) is 18.6. The summed E-state index contributed by atoms with van der Waals surface area (Å²) in [6.07, 6.45) is 0.699. The molecule has 8 aliphatic rings. The van der Waals surface area contributed by atoms with Gasteiger partial charge in [0.1, 0.15) is 107 Å². The van der Waals surface area contributed by atoms with Gasteiger partial charge in [-0.1, -0.05) is 55.6 Å². The molecule has 143 heavy (non-hydrogen) atoms. The highest BCUT2D eigenvalue weighted by atomic mass is 35.5. The molecule has 9 heterocycles. The molecule has 7 aliphatic heterocycles. The van der Waals surface area contributed by atoms with E-state index in [-0.39, 0.29) is 131 Å². The lowest BCUT2D eigenvalue weighted by Crippen LogP contribution is -2.71. The van der Waals surface area contributed by atoms with Crippen LogP contribution in [0.4, 0.5) is 0 Å². The van der Waals surface area contributed by atoms with Crippen molar-refractivity contribution in [2.75, 3.05) is 49.7 Å². The van der Waals surface area contributed by atoms with Gasteiger partial charge in [-0.05, 0) is 108 Å². The third-order valence-corrected chi connectivity index (χ3v) is 29.2. The zero-order chi connectivity index (χ0) is 103. The maximum absolute atomic E-state index is 14.2. The molecule has 6 atom stereocenters. The van der Waals surface area contributed by atoms with E-state index in [4.69, 9.17) is 105 Å². The highest BCUT2D eigenvalue weighted by Crippen LogP contribution is 2.61. The predicted octanol–water partition coefficient (Wildman–Crippen LogP) is 9.50. The molecule has 6 aromatic carbocycles. The summed E-state index contributed by atoms with van der Waals surface area (Å²) in [5.41, 5.74) is -3.47. The summed E-state index contributed by atoms with van der Waals surface area (Å²) in [6.45, 7) is 11.0. The van der Waals surface area contributed by atoms with E-state index in [9.17, 15) is 95.9 Å². The first-order chi connectivity index (χ1) is 67.8. The van der Waals surface area contributed by atoms with Gasteiger partial charge in [-0.15, -0.1) is 47.0 Å². The van der Waals surface area contributed by atoms with Crippen LogP contribution < -0.4 is 65.7 Å². The van der Waals surface area contributed by atoms with E-state index >= 15 is 0 Å². The minimum atomic E-state index is -1.53. The third kappa shape index (κ3) is 21.6. The molecular weight excluding hydrogens is 2020 g/mol. The molecule has 1 aliphatic carbocycles. The van der Waals surface area contributed by atoms with Crippen LogP contribution in [0.5, 0.6) is 46.0 Å². The zero-order valence-corrected chi connectivity index (χ0v) is 82.2. The van der Waals surface area contributed by atoms with Crippen LogP contribution in [0.25, 0.3) is 21.9 Å². The Hall–Kier alpha value is -14.3. The van der Waals surface area contributed by atoms with Crippen LogP contribution >= 0.6 is 81.9 Å². The number of thioether (sulfide) groups is 4. The summed E-state index contributed by atoms with van der Waals surface area (Å²) < 4.78 is 81.1. The first kappa shape index (κ1) is 103. The second-order valence-electron chi connectivity index (χ2n) is 33.4. The lowest BCUT2D eigenvalue weighted by molar-refractivity contribution is -0.167. The lowest BCUT2D eigenvalue weighted by Gasteiger charge is -2.49. The van der Waals surface area contributed by atoms with E-state index in [0.29, 0.717) is 56.3 Å². The molecule has 0 radical (unpaired) electrons. The van der Waals surface area contributed by atoms with Gasteiger partial charge in [0.25, 0.3) is 23.6 Å². The Bertz CT molecular complexity index is 6910. The SMILES string of the molecule is CC(=O)OCOC(=O)C1=C(CSC2CC3(OC2=O)c2cc(Cl)c(OC(C)=O)cc2C(C)(C)c2cc(OC(C)=O)c(Cl)cc23)CSC2C(NC(=O)CNC(=O)c3cc4ccc(OC(C)=O)cc4oc3=O)C(=O)N12.CCCC(=O)Oc1cc2oc(=O)c(C(=O)NCC(=O)NC3C(=O)N4C(C(=O)OCOC(C)=O)=C(CSC5CC6(OC5=O)c5ccc(OC(C)=O)cc5Oc5cc(OC(C)=O)ccc56)CSC34)cc2cc1Cl. The molecule has 4 N–H and O–H groups in total. The molecule has 746 valence electrons. The molecule has 48 heteroatoms. The number of benzene rings is 6. The lowest BCUT2D eigenvalue weighted by atomic mass is 9.62. The zero-order valence-electron chi connectivity index (χ0n) is 76.7. The number of amides is 6. The monoisotopic (exact) mass is 2100 g/mol. The maximum Gasteiger partial charge on any atom is 0.357 e. The second-order valence-corrected chi connectivity index (χ2v) is 39.2. The number of β-lactam (4-membered cyclic amide) rings is 2. The summed E-state index contributed by atoms with van der Waals surface area (Å²) in [6, 6.07) is 22.4. The van der Waals surface area contributed by atoms with Crippen LogP contribution in [-0.2, 0) is 122 Å². The van der Waals surface area contributed by atoms with Gasteiger partial charge >= 0.3 is 82.9 Å². The highest BCUT2D eigenvalue weighted by molar-refractivity contribution is 8.02. The predicted molar refractivity (Wildman–Crippen MR) is 505 cm³/mol. The van der Waals surface area contributed by atoms with Crippen LogP contribution in [0.1, 0.15) is 149 Å². The first-order valence-corrected chi connectivity index (χ1v) is 48.6. The van der Waals surface area contributed by atoms with Crippen molar-refractivity contribution in [3.05, 3.63) is 206 Å². The van der Waals surface area contributed by atoms with Crippen molar-refractivity contribution in [3.63, 3.8) is 0 Å². The molecule has 2 aromatic heterocycles. The molecular formula is C95H81Cl3N6O35S4. The van der Waals surface area contributed by atoms with Gasteiger partial charge in [0.05, 0.1) is 28.2 Å². The molecule has 4 fully saturated rings. The largest absolute Gasteiger partial charge is 0.456 e. The van der Waals surface area contributed by atoms with Crippen molar-refractivity contribution < 1.29 is 157 Å². The van der Waals surface area contributed by atoms with Crippen LogP contribution in [-0.4, -0.2) is 200 Å². The molecule has 8 aromatic rings. The van der Waals surface area contributed by atoms with E-state index in [2.05, 4.69) is 21.3 Å². The van der Waals surface area contributed by atoms with Crippen molar-refractivity contribution in [3.8, 4) is 46.0 Å². The van der Waals surface area contributed by atoms with Crippen molar-refractivity contribution in [1.29, 1.82) is 0 Å². The van der Waals surface area contributed by atoms with E-state index in [0.717, 1.165) is 47.2 Å². The number of carbonyl (C=O) groups is 18. The Morgan fingerprint density at radius 3 is 1.27 bits per heavy atom. The second kappa shape index (κ2) is 42.1. The number of halogens is 3. The summed E-state index contributed by atoms with van der Waals surface area (Å²) >= 11 is 24.3. The molecule has 4 saturated heterocycles. The summed E-state index contributed by atoms with van der Waals surface area (Å²) in [4.78, 5) is 257. The van der Waals surface area contributed by atoms with Crippen LogP contribution in [0.2, 0.25) is 15.1 Å². The van der Waals surface area contributed by atoms with Gasteiger partial charge in [-0.25, -0.2) is 19.2 Å². The number of nitrogens with one attached hydrogen (secondary N) is 4. The van der Waals surface area contributed by atoms with Gasteiger partial charge < -0.3 is 91.7 Å². The van der Waals surface area contributed by atoms with Gasteiger partial charge in [-0.3, -0.25) is 86.5 Å². The van der Waals surface area contributed by atoms with Crippen LogP contribution in [0.3, 0.4) is 0 Å². The fourth-order valence-corrected chi connectivity index (χ4v) is 22.8. The number of hydrogen-bond donors (Lipinski definition) is 4. The standard InChI is InChI=1S/C48H41Cl2N3O17S2.C47H40ClN3O18S2/c1-20(54)64-19-65-46(63)40-25(18-72-43-39(42(60)53(40)43)52-38(58)16-51-41(59)27-9-24-7-8-26(66-21(2)55)10-34(24)69-44(27)61)17-71-37-15-48(70-45(37)62)30-11-32(49)35(67-22(3)56)13-28(30)47(5,6)29-14-36(68-23(4)57)33(50)12-31(29)48;1-5-6-38(56)67-35-15-32-24(12-31(35)48)11-28(44(59)68-32)41(57)49-17-37(55)50-39-42(58)51-40(46(61)63-20-62-21(2)52)25(19-71-43(39)51)18-70-36-16-47(69-45(36)60)29-9-7-26(64-22(3)53)13-33(29)66-34-14-27(65-23(4)54)8-10-30(34)47/h7-14,37,39,43H,15-19H2,1-6H3,(H,51,59)(H,52,58);7-15,36,39,43H,5-6,16-20H2,1-4H3,(H,49,57)(H,50,55). The van der Waals surface area contributed by atoms with Gasteiger partial charge in [0, 0.05) is 153 Å². The number of rotatable bonds is 28. The number of nitrogens with zero attached hydrogens (tertiary/aromatic N) is 2. The van der Waals surface area contributed by atoms with E-state index in [1.165, 1.54) is 125 Å². The Morgan fingerprint density at radius 2 is 0.846 bits per heavy atom. The summed E-state index contributed by atoms with van der Waals surface area (Å²) in [7, 11) is 0. The van der Waals surface area contributed by atoms with Gasteiger partial charge in [0.2, 0.25) is 25.4 Å². The number of fused-ring (bicyclic) bond motifs is 12. The first-order valence-electron chi connectivity index (χ1n) is 43.3. The minimum absolute atomic E-state index is 0.00403. The number of carbonyl (C=O) groups excluding carboxylic acids is 18. The molecule has 0 bridgehead atoms. The van der Waals surface area contributed by atoms with E-state index in [1.54, 1.807) is 43.3 Å². The quantitative estimate of drug-likeness (QED) is 0.00885. The van der Waals surface area contributed by atoms with Gasteiger partial charge in [0.15, 0.2) is 17.0 Å². The molecule has 16 rings (SSSR count). The van der Waals surface area contributed by atoms with Gasteiger partial charge in [-0.2, -0.15) is 0 Å². The Kier molecular flexibility index (Phi) is 30.4. The highest BCUT2D eigenvalue weighted by Gasteiger charge is 2.61. The minimum Gasteiger partial charge on any atom is -0.456 e. The van der Waals surface area contributed by atoms with Crippen molar-refractivity contribution in [1.82, 2.24) is 31.1 Å². The molecule has 2 spiro atoms. The fraction of sp³-hybridized carbons (Fsp3) is 0.326. The fourth-order valence-electron chi connectivity index (χ4n) is 16.9. The topological polar surface area (TPSA) is 542 Å². The van der Waals surface area contributed by atoms with E-state index in [1.807, 2.05) is 13.8 Å². The molecule has 6 amide bonds. The average Bonchev–Trinajstić information content (AvgIpc) is 1.64. The smallest absolute Gasteiger partial charge is 0.357 e. The Labute approximate surface area is 839 Å². The Balaban J connectivity index is 0.000000215. The van der Waals surface area contributed by atoms with Crippen LogP contribution in [0, 0.1) is 0 Å². The van der Waals surface area contributed by atoms with Crippen molar-refractivity contribution >= 4 is 211 Å².